The van der Waals surface area contributed by atoms with Gasteiger partial charge < -0.3 is 4.90 Å². The van der Waals surface area contributed by atoms with Gasteiger partial charge in [0.05, 0.1) is 10.6 Å². The van der Waals surface area contributed by atoms with E-state index < -0.39 is 27.3 Å². The van der Waals surface area contributed by atoms with Gasteiger partial charge in [-0.2, -0.15) is 0 Å². The Balaban J connectivity index is 1.95. The highest BCUT2D eigenvalue weighted by atomic mass is 35.5. The van der Waals surface area contributed by atoms with Crippen LogP contribution in [0.1, 0.15) is 12.5 Å². The topological polar surface area (TPSA) is 74.8 Å². The second-order valence-corrected chi connectivity index (χ2v) is 9.87. The Labute approximate surface area is 173 Å². The first kappa shape index (κ1) is 20.6. The predicted molar refractivity (Wildman–Crippen MR) is 109 cm³/mol. The molecule has 0 spiro atoms. The molecule has 148 valence electrons. The van der Waals surface area contributed by atoms with Crippen LogP contribution in [0.15, 0.2) is 47.4 Å². The fourth-order valence-electron chi connectivity index (χ4n) is 3.17. The number of anilines is 1. The van der Waals surface area contributed by atoms with E-state index in [0.717, 1.165) is 16.7 Å². The van der Waals surface area contributed by atoms with Crippen LogP contribution in [0.2, 0.25) is 10.0 Å². The van der Waals surface area contributed by atoms with Crippen molar-refractivity contribution < 1.29 is 18.0 Å². The summed E-state index contributed by atoms with van der Waals surface area (Å²) in [5.41, 5.74) is -0.109. The number of rotatable bonds is 4. The van der Waals surface area contributed by atoms with Crippen molar-refractivity contribution in [2.24, 2.45) is 0 Å². The van der Waals surface area contributed by atoms with Crippen LogP contribution >= 0.6 is 23.2 Å². The van der Waals surface area contributed by atoms with Crippen LogP contribution in [0.3, 0.4) is 0 Å². The van der Waals surface area contributed by atoms with Crippen LogP contribution in [0.25, 0.3) is 0 Å². The highest BCUT2D eigenvalue weighted by molar-refractivity contribution is 7.90. The first-order valence-electron chi connectivity index (χ1n) is 8.31. The minimum Gasteiger partial charge on any atom is -0.312 e. The first-order chi connectivity index (χ1) is 12.9. The van der Waals surface area contributed by atoms with Gasteiger partial charge in [-0.05, 0) is 42.8 Å². The summed E-state index contributed by atoms with van der Waals surface area (Å²) in [5, 5.41) is 0.631. The maximum atomic E-state index is 13.2. The van der Waals surface area contributed by atoms with E-state index in [-0.39, 0.29) is 11.3 Å². The molecule has 1 heterocycles. The smallest absolute Gasteiger partial charge is 0.312 e. The van der Waals surface area contributed by atoms with Crippen LogP contribution in [0, 0.1) is 0 Å². The quantitative estimate of drug-likeness (QED) is 0.677. The van der Waals surface area contributed by atoms with Gasteiger partial charge in [0.15, 0.2) is 9.84 Å². The number of carbonyl (C=O) groups is 2. The van der Waals surface area contributed by atoms with Crippen LogP contribution < -0.4 is 4.90 Å². The summed E-state index contributed by atoms with van der Waals surface area (Å²) in [7, 11) is -1.76. The average molecular weight is 441 g/mol. The molecule has 1 saturated heterocycles. The molecule has 3 amide bonds. The highest BCUT2D eigenvalue weighted by Crippen LogP contribution is 2.35. The summed E-state index contributed by atoms with van der Waals surface area (Å²) in [6, 6.07) is 10.3. The maximum Gasteiger partial charge on any atom is 0.332 e. The van der Waals surface area contributed by atoms with E-state index in [2.05, 4.69) is 0 Å². The van der Waals surface area contributed by atoms with Gasteiger partial charge in [-0.1, -0.05) is 35.3 Å². The molecule has 28 heavy (non-hydrogen) atoms. The SMILES string of the molecule is CN1C(=O)N(c2cc(Cl)cc(Cl)c2)C(=O)C1(C)Cc1ccc(S(C)(=O)=O)cc1. The minimum absolute atomic E-state index is 0.193. The summed E-state index contributed by atoms with van der Waals surface area (Å²) in [6.07, 6.45) is 1.35. The number of nitrogens with zero attached hydrogens (tertiary/aromatic N) is 2. The molecule has 3 rings (SSSR count). The van der Waals surface area contributed by atoms with E-state index in [1.54, 1.807) is 26.1 Å². The van der Waals surface area contributed by atoms with Crippen LogP contribution in [-0.4, -0.2) is 44.1 Å². The van der Waals surface area contributed by atoms with Gasteiger partial charge in [-0.3, -0.25) is 4.79 Å². The molecule has 6 nitrogen and oxygen atoms in total. The molecule has 0 saturated carbocycles. The van der Waals surface area contributed by atoms with Gasteiger partial charge in [0.1, 0.15) is 5.54 Å². The van der Waals surface area contributed by atoms with Gasteiger partial charge in [-0.25, -0.2) is 18.1 Å². The third-order valence-electron chi connectivity index (χ3n) is 4.89. The molecule has 2 aromatic rings. The number of carbonyl (C=O) groups excluding carboxylic acids is 2. The molecule has 1 atom stereocenters. The summed E-state index contributed by atoms with van der Waals surface area (Å²) < 4.78 is 23.2. The van der Waals surface area contributed by atoms with Gasteiger partial charge in [0.25, 0.3) is 5.91 Å². The molecule has 2 aromatic carbocycles. The summed E-state index contributed by atoms with van der Waals surface area (Å²) in [4.78, 5) is 28.6. The number of sulfone groups is 1. The van der Waals surface area contributed by atoms with E-state index in [1.165, 1.54) is 35.2 Å². The number of imide groups is 1. The fraction of sp³-hybridized carbons (Fsp3) is 0.263. The molecule has 0 N–H and O–H groups in total. The number of benzene rings is 2. The van der Waals surface area contributed by atoms with Gasteiger partial charge in [0.2, 0.25) is 0 Å². The molecule has 9 heteroatoms. The van der Waals surface area contributed by atoms with Crippen molar-refractivity contribution in [3.63, 3.8) is 0 Å². The predicted octanol–water partition coefficient (Wildman–Crippen LogP) is 3.80. The lowest BCUT2D eigenvalue weighted by molar-refractivity contribution is -0.123. The third kappa shape index (κ3) is 3.62. The van der Waals surface area contributed by atoms with E-state index in [0.29, 0.717) is 15.7 Å². The second kappa shape index (κ2) is 7.06. The zero-order valence-electron chi connectivity index (χ0n) is 15.4. The summed E-state index contributed by atoms with van der Waals surface area (Å²) in [5.74, 6) is -0.412. The molecule has 0 aliphatic carbocycles. The Hall–Kier alpha value is -2.09. The van der Waals surface area contributed by atoms with Crippen molar-refractivity contribution >= 4 is 50.7 Å². The number of hydrogen-bond donors (Lipinski definition) is 0. The van der Waals surface area contributed by atoms with Crippen molar-refractivity contribution in [2.45, 2.75) is 23.8 Å². The standard InChI is InChI=1S/C19H18Cl2N2O4S/c1-19(11-12-4-6-16(7-5-12)28(3,26)27)17(24)23(18(25)22(19)2)15-9-13(20)8-14(21)10-15/h4-10H,11H2,1-3H3. The lowest BCUT2D eigenvalue weighted by Gasteiger charge is -2.28. The molecular weight excluding hydrogens is 423 g/mol. The third-order valence-corrected chi connectivity index (χ3v) is 6.45. The lowest BCUT2D eigenvalue weighted by atomic mass is 9.91. The number of likely N-dealkylation sites (N-methyl/N-ethyl adjacent to an activating group) is 1. The molecule has 1 aliphatic heterocycles. The van der Waals surface area contributed by atoms with E-state index in [4.69, 9.17) is 23.2 Å². The summed E-state index contributed by atoms with van der Waals surface area (Å²) in [6.45, 7) is 1.67. The van der Waals surface area contributed by atoms with Crippen LogP contribution in [0.4, 0.5) is 10.5 Å². The van der Waals surface area contributed by atoms with E-state index in [9.17, 15) is 18.0 Å². The Bertz CT molecular complexity index is 1050. The molecule has 1 unspecified atom stereocenters. The molecule has 0 radical (unpaired) electrons. The maximum absolute atomic E-state index is 13.2. The first-order valence-corrected chi connectivity index (χ1v) is 11.0. The highest BCUT2D eigenvalue weighted by Gasteiger charge is 2.53. The van der Waals surface area contributed by atoms with Gasteiger partial charge >= 0.3 is 6.03 Å². The van der Waals surface area contributed by atoms with Crippen molar-refractivity contribution in [2.75, 3.05) is 18.2 Å². The second-order valence-electron chi connectivity index (χ2n) is 6.98. The fourth-order valence-corrected chi connectivity index (χ4v) is 4.32. The minimum atomic E-state index is -3.31. The zero-order chi connectivity index (χ0) is 20.9. The average Bonchev–Trinajstić information content (AvgIpc) is 2.74. The number of urea groups is 1. The van der Waals surface area contributed by atoms with E-state index >= 15 is 0 Å². The van der Waals surface area contributed by atoms with Crippen LogP contribution in [0.5, 0.6) is 0 Å². The number of hydrogen-bond acceptors (Lipinski definition) is 4. The molecule has 0 aromatic heterocycles. The Morgan fingerprint density at radius 1 is 1.00 bits per heavy atom. The normalized spacial score (nSPS) is 20.2. The van der Waals surface area contributed by atoms with Crippen molar-refractivity contribution in [1.29, 1.82) is 0 Å². The number of amides is 3. The molecule has 1 aliphatic rings. The van der Waals surface area contributed by atoms with Crippen molar-refractivity contribution in [1.82, 2.24) is 4.90 Å². The Morgan fingerprint density at radius 2 is 1.54 bits per heavy atom. The van der Waals surface area contributed by atoms with E-state index in [1.807, 2.05) is 0 Å². The summed E-state index contributed by atoms with van der Waals surface area (Å²) >= 11 is 12.0. The van der Waals surface area contributed by atoms with Gasteiger partial charge in [0, 0.05) is 29.8 Å². The van der Waals surface area contributed by atoms with Crippen LogP contribution in [-0.2, 0) is 21.1 Å². The number of halogens is 2. The molecule has 1 fully saturated rings. The Morgan fingerprint density at radius 3 is 2.04 bits per heavy atom. The largest absolute Gasteiger partial charge is 0.332 e. The molecule has 0 bridgehead atoms. The van der Waals surface area contributed by atoms with Crippen molar-refractivity contribution in [3.8, 4) is 0 Å². The zero-order valence-corrected chi connectivity index (χ0v) is 17.8. The lowest BCUT2D eigenvalue weighted by Crippen LogP contribution is -2.47. The Kier molecular flexibility index (Phi) is 5.20. The monoisotopic (exact) mass is 440 g/mol. The van der Waals surface area contributed by atoms with Gasteiger partial charge in [-0.15, -0.1) is 0 Å². The molecular formula is C19H18Cl2N2O4S. The van der Waals surface area contributed by atoms with Crippen molar-refractivity contribution in [3.05, 3.63) is 58.1 Å².